The van der Waals surface area contributed by atoms with Crippen LogP contribution >= 0.6 is 11.3 Å². The Balaban J connectivity index is 1.25. The zero-order chi connectivity index (χ0) is 24.4. The molecule has 1 saturated heterocycles. The number of piperazine rings is 1. The van der Waals surface area contributed by atoms with Gasteiger partial charge in [0.15, 0.2) is 16.5 Å². The number of rotatable bonds is 7. The van der Waals surface area contributed by atoms with Gasteiger partial charge in [0.25, 0.3) is 0 Å². The van der Waals surface area contributed by atoms with E-state index in [9.17, 15) is 4.79 Å². The molecule has 1 aliphatic heterocycles. The molecular formula is C26H28N4O4S. The third kappa shape index (κ3) is 4.64. The molecule has 1 aliphatic rings. The van der Waals surface area contributed by atoms with Crippen molar-refractivity contribution in [2.45, 2.75) is 6.42 Å². The van der Waals surface area contributed by atoms with Crippen LogP contribution in [0.2, 0.25) is 0 Å². The van der Waals surface area contributed by atoms with Gasteiger partial charge in [0.1, 0.15) is 5.75 Å². The molecule has 1 amide bonds. The summed E-state index contributed by atoms with van der Waals surface area (Å²) < 4.78 is 18.0. The molecule has 0 aliphatic carbocycles. The molecule has 0 bridgehead atoms. The SMILES string of the molecule is COc1ccc(N2CCN(C(=O)Cc3csc4nc(-c5ccc(OC)c(OC)c5)cn34)CC2)cc1. The average Bonchev–Trinajstić information content (AvgIpc) is 3.50. The fourth-order valence-electron chi connectivity index (χ4n) is 4.36. The van der Waals surface area contributed by atoms with Crippen molar-refractivity contribution in [3.05, 3.63) is 59.7 Å². The van der Waals surface area contributed by atoms with Crippen molar-refractivity contribution in [1.29, 1.82) is 0 Å². The molecule has 0 unspecified atom stereocenters. The molecule has 1 fully saturated rings. The predicted octanol–water partition coefficient (Wildman–Crippen LogP) is 3.98. The van der Waals surface area contributed by atoms with Crippen molar-refractivity contribution >= 4 is 27.9 Å². The quantitative estimate of drug-likeness (QED) is 0.389. The van der Waals surface area contributed by atoms with Gasteiger partial charge in [0.2, 0.25) is 5.91 Å². The third-order valence-electron chi connectivity index (χ3n) is 6.36. The highest BCUT2D eigenvalue weighted by Crippen LogP contribution is 2.33. The second-order valence-corrected chi connectivity index (χ2v) is 9.15. The van der Waals surface area contributed by atoms with E-state index in [0.29, 0.717) is 31.0 Å². The van der Waals surface area contributed by atoms with Crippen LogP contribution in [0.1, 0.15) is 5.69 Å². The number of nitrogens with zero attached hydrogens (tertiary/aromatic N) is 4. The molecule has 3 heterocycles. The summed E-state index contributed by atoms with van der Waals surface area (Å²) in [6.45, 7) is 3.04. The topological polar surface area (TPSA) is 68.5 Å². The molecule has 35 heavy (non-hydrogen) atoms. The lowest BCUT2D eigenvalue weighted by molar-refractivity contribution is -0.130. The maximum absolute atomic E-state index is 13.1. The van der Waals surface area contributed by atoms with Crippen molar-refractivity contribution in [2.75, 3.05) is 52.4 Å². The molecule has 0 spiro atoms. The number of aromatic nitrogens is 2. The number of benzene rings is 2. The van der Waals surface area contributed by atoms with Crippen LogP contribution in [0, 0.1) is 0 Å². The number of carbonyl (C=O) groups is 1. The summed E-state index contributed by atoms with van der Waals surface area (Å²) in [7, 11) is 4.90. The number of methoxy groups -OCH3 is 3. The molecule has 0 N–H and O–H groups in total. The monoisotopic (exact) mass is 492 g/mol. The largest absolute Gasteiger partial charge is 0.497 e. The van der Waals surface area contributed by atoms with Gasteiger partial charge in [0.05, 0.1) is 33.4 Å². The molecule has 9 heteroatoms. The summed E-state index contributed by atoms with van der Waals surface area (Å²) in [6.07, 6.45) is 2.33. The highest BCUT2D eigenvalue weighted by atomic mass is 32.1. The number of ether oxygens (including phenoxy) is 3. The summed E-state index contributed by atoms with van der Waals surface area (Å²) in [4.78, 5) is 23.0. The van der Waals surface area contributed by atoms with Crippen molar-refractivity contribution in [3.63, 3.8) is 0 Å². The Morgan fingerprint density at radius 2 is 1.69 bits per heavy atom. The first-order valence-electron chi connectivity index (χ1n) is 11.4. The van der Waals surface area contributed by atoms with E-state index in [1.165, 1.54) is 0 Å². The summed E-state index contributed by atoms with van der Waals surface area (Å²) in [6, 6.07) is 13.8. The van der Waals surface area contributed by atoms with Crippen molar-refractivity contribution in [1.82, 2.24) is 14.3 Å². The van der Waals surface area contributed by atoms with Gasteiger partial charge in [-0.25, -0.2) is 4.98 Å². The number of imidazole rings is 1. The van der Waals surface area contributed by atoms with Crippen LogP contribution in [0.25, 0.3) is 16.2 Å². The summed E-state index contributed by atoms with van der Waals surface area (Å²) in [5, 5.41) is 2.02. The van der Waals surface area contributed by atoms with E-state index in [1.54, 1.807) is 32.7 Å². The molecule has 2 aromatic heterocycles. The van der Waals surface area contributed by atoms with E-state index in [4.69, 9.17) is 19.2 Å². The standard InChI is InChI=1S/C26H28N4O4S/c1-32-21-7-5-19(6-8-21)28-10-12-29(13-11-28)25(31)15-20-17-35-26-27-22(16-30(20)26)18-4-9-23(33-2)24(14-18)34-3/h4-9,14,16-17H,10-13,15H2,1-3H3. The van der Waals surface area contributed by atoms with Gasteiger partial charge in [-0.15, -0.1) is 11.3 Å². The fraction of sp³-hybridized carbons (Fsp3) is 0.308. The minimum atomic E-state index is 0.139. The first-order chi connectivity index (χ1) is 17.1. The number of thiazole rings is 1. The van der Waals surface area contributed by atoms with Crippen molar-refractivity contribution < 1.29 is 19.0 Å². The second-order valence-electron chi connectivity index (χ2n) is 8.32. The van der Waals surface area contributed by atoms with Gasteiger partial charge >= 0.3 is 0 Å². The fourth-order valence-corrected chi connectivity index (χ4v) is 5.24. The maximum Gasteiger partial charge on any atom is 0.228 e. The van der Waals surface area contributed by atoms with E-state index < -0.39 is 0 Å². The molecule has 0 saturated carbocycles. The van der Waals surface area contributed by atoms with Crippen LogP contribution in [-0.2, 0) is 11.2 Å². The molecule has 5 rings (SSSR count). The molecule has 0 radical (unpaired) electrons. The Labute approximate surface area is 208 Å². The van der Waals surface area contributed by atoms with Gasteiger partial charge in [0, 0.05) is 54.7 Å². The third-order valence-corrected chi connectivity index (χ3v) is 7.25. The number of carbonyl (C=O) groups excluding carboxylic acids is 1. The zero-order valence-corrected chi connectivity index (χ0v) is 20.9. The first-order valence-corrected chi connectivity index (χ1v) is 12.3. The van der Waals surface area contributed by atoms with Gasteiger partial charge in [-0.05, 0) is 42.5 Å². The number of hydrogen-bond donors (Lipinski definition) is 0. The molecule has 182 valence electrons. The first kappa shape index (κ1) is 23.0. The smallest absolute Gasteiger partial charge is 0.228 e. The van der Waals surface area contributed by atoms with Crippen molar-refractivity contribution in [2.24, 2.45) is 0 Å². The van der Waals surface area contributed by atoms with Crippen LogP contribution in [0.3, 0.4) is 0 Å². The van der Waals surface area contributed by atoms with Crippen LogP contribution in [0.15, 0.2) is 54.0 Å². The minimum Gasteiger partial charge on any atom is -0.497 e. The minimum absolute atomic E-state index is 0.139. The molecule has 2 aromatic carbocycles. The van der Waals surface area contributed by atoms with E-state index in [-0.39, 0.29) is 5.91 Å². The predicted molar refractivity (Wildman–Crippen MR) is 137 cm³/mol. The Morgan fingerprint density at radius 1 is 0.943 bits per heavy atom. The highest BCUT2D eigenvalue weighted by Gasteiger charge is 2.23. The molecule has 0 atom stereocenters. The van der Waals surface area contributed by atoms with E-state index in [1.807, 2.05) is 51.2 Å². The Morgan fingerprint density at radius 3 is 2.37 bits per heavy atom. The lowest BCUT2D eigenvalue weighted by atomic mass is 10.1. The lowest BCUT2D eigenvalue weighted by Gasteiger charge is -2.36. The lowest BCUT2D eigenvalue weighted by Crippen LogP contribution is -2.49. The number of amides is 1. The summed E-state index contributed by atoms with van der Waals surface area (Å²) in [5.41, 5.74) is 3.87. The number of anilines is 1. The highest BCUT2D eigenvalue weighted by molar-refractivity contribution is 7.15. The van der Waals surface area contributed by atoms with E-state index in [0.717, 1.165) is 46.4 Å². The maximum atomic E-state index is 13.1. The Bertz CT molecular complexity index is 1320. The van der Waals surface area contributed by atoms with E-state index >= 15 is 0 Å². The van der Waals surface area contributed by atoms with Gasteiger partial charge in [-0.2, -0.15) is 0 Å². The van der Waals surface area contributed by atoms with Crippen LogP contribution in [0.5, 0.6) is 17.2 Å². The van der Waals surface area contributed by atoms with Gasteiger partial charge in [-0.1, -0.05) is 0 Å². The van der Waals surface area contributed by atoms with Crippen LogP contribution < -0.4 is 19.1 Å². The van der Waals surface area contributed by atoms with Gasteiger partial charge in [-0.3, -0.25) is 9.20 Å². The summed E-state index contributed by atoms with van der Waals surface area (Å²) in [5.74, 6) is 2.32. The Hall–Kier alpha value is -3.72. The Kier molecular flexibility index (Phi) is 6.50. The van der Waals surface area contributed by atoms with Crippen LogP contribution in [0.4, 0.5) is 5.69 Å². The zero-order valence-electron chi connectivity index (χ0n) is 20.1. The van der Waals surface area contributed by atoms with Crippen LogP contribution in [-0.4, -0.2) is 67.7 Å². The number of fused-ring (bicyclic) bond motifs is 1. The van der Waals surface area contributed by atoms with Gasteiger partial charge < -0.3 is 24.0 Å². The average molecular weight is 493 g/mol. The van der Waals surface area contributed by atoms with Crippen molar-refractivity contribution in [3.8, 4) is 28.5 Å². The summed E-state index contributed by atoms with van der Waals surface area (Å²) >= 11 is 1.54. The molecule has 4 aromatic rings. The molecular weight excluding hydrogens is 464 g/mol. The van der Waals surface area contributed by atoms with E-state index in [2.05, 4.69) is 17.0 Å². The second kappa shape index (κ2) is 9.87. The normalized spacial score (nSPS) is 13.8. The number of hydrogen-bond acceptors (Lipinski definition) is 7. The molecule has 8 nitrogen and oxygen atoms in total.